The molecule has 0 radical (unpaired) electrons. The van der Waals surface area contributed by atoms with Crippen molar-refractivity contribution in [1.82, 2.24) is 9.55 Å². The van der Waals surface area contributed by atoms with Crippen molar-refractivity contribution in [2.24, 2.45) is 0 Å². The second-order valence-corrected chi connectivity index (χ2v) is 9.11. The molecule has 0 aliphatic carbocycles. The smallest absolute Gasteiger partial charge is 0.329 e. The highest BCUT2D eigenvalue weighted by Crippen LogP contribution is 2.45. The number of halogens is 1. The third-order valence-electron chi connectivity index (χ3n) is 5.37. The molecule has 1 aromatic heterocycles. The van der Waals surface area contributed by atoms with Crippen LogP contribution in [0.4, 0.5) is 4.39 Å². The van der Waals surface area contributed by atoms with E-state index in [-0.39, 0.29) is 18.5 Å². The monoisotopic (exact) mass is 456 g/mol. The van der Waals surface area contributed by atoms with Crippen LogP contribution in [0.1, 0.15) is 22.1 Å². The van der Waals surface area contributed by atoms with E-state index in [1.54, 1.807) is 6.92 Å². The highest BCUT2D eigenvalue weighted by Gasteiger charge is 2.47. The molecule has 1 aliphatic heterocycles. The van der Waals surface area contributed by atoms with Crippen LogP contribution in [-0.4, -0.2) is 33.7 Å². The number of hydrogen-bond acceptors (Lipinski definition) is 5. The molecule has 1 aliphatic rings. The zero-order valence-electron chi connectivity index (χ0n) is 17.6. The summed E-state index contributed by atoms with van der Waals surface area (Å²) in [5, 5.41) is -1.13. The van der Waals surface area contributed by atoms with Crippen molar-refractivity contribution in [3.8, 4) is 0 Å². The average Bonchev–Trinajstić information content (AvgIpc) is 3.11. The Kier molecular flexibility index (Phi) is 7.24. The van der Waals surface area contributed by atoms with Crippen molar-refractivity contribution in [3.63, 3.8) is 0 Å². The summed E-state index contributed by atoms with van der Waals surface area (Å²) < 4.78 is 28.7. The Morgan fingerprint density at radius 3 is 2.28 bits per heavy atom. The molecule has 0 amide bonds. The van der Waals surface area contributed by atoms with Crippen LogP contribution in [0.15, 0.2) is 76.4 Å². The predicted molar refractivity (Wildman–Crippen MR) is 122 cm³/mol. The fourth-order valence-electron chi connectivity index (χ4n) is 3.66. The van der Waals surface area contributed by atoms with Crippen LogP contribution in [-0.2, 0) is 22.7 Å². The van der Waals surface area contributed by atoms with Crippen molar-refractivity contribution >= 4 is 11.8 Å². The zero-order valence-corrected chi connectivity index (χ0v) is 18.5. The topological polar surface area (TPSA) is 73.3 Å². The molecular weight excluding hydrogens is 431 g/mol. The number of nitrogens with one attached hydrogen (secondary N) is 1. The number of rotatable bonds is 8. The third kappa shape index (κ3) is 5.20. The van der Waals surface area contributed by atoms with Gasteiger partial charge in [-0.3, -0.25) is 14.3 Å². The van der Waals surface area contributed by atoms with E-state index in [1.807, 2.05) is 60.7 Å². The SMILES string of the molecule is Cc1cn(C2S[C@@H](COCc3ccccc3)[C@H](OCc3ccccc3)[C@H]2F)c(=O)[nH]c1=O. The molecule has 3 aromatic rings. The molecule has 168 valence electrons. The summed E-state index contributed by atoms with van der Waals surface area (Å²) in [5.74, 6) is 0. The molecule has 4 rings (SSSR count). The van der Waals surface area contributed by atoms with E-state index in [4.69, 9.17) is 9.47 Å². The first-order chi connectivity index (χ1) is 15.5. The predicted octanol–water partition coefficient (Wildman–Crippen LogP) is 3.60. The first-order valence-corrected chi connectivity index (χ1v) is 11.4. The number of aryl methyl sites for hydroxylation is 1. The van der Waals surface area contributed by atoms with Crippen molar-refractivity contribution in [2.45, 2.75) is 43.0 Å². The summed E-state index contributed by atoms with van der Waals surface area (Å²) in [7, 11) is 0. The first-order valence-electron chi connectivity index (χ1n) is 10.4. The minimum Gasteiger partial charge on any atom is -0.376 e. The molecule has 1 N–H and O–H groups in total. The van der Waals surface area contributed by atoms with E-state index < -0.39 is 28.9 Å². The quantitative estimate of drug-likeness (QED) is 0.561. The van der Waals surface area contributed by atoms with Gasteiger partial charge in [0.15, 0.2) is 6.17 Å². The Morgan fingerprint density at radius 1 is 1.00 bits per heavy atom. The molecule has 0 bridgehead atoms. The first kappa shape index (κ1) is 22.5. The van der Waals surface area contributed by atoms with Gasteiger partial charge in [0.25, 0.3) is 5.56 Å². The lowest BCUT2D eigenvalue weighted by Crippen LogP contribution is -2.37. The maximum atomic E-state index is 15.6. The number of benzene rings is 2. The van der Waals surface area contributed by atoms with Gasteiger partial charge in [-0.25, -0.2) is 9.18 Å². The van der Waals surface area contributed by atoms with E-state index >= 15 is 4.39 Å². The Labute approximate surface area is 189 Å². The Bertz CT molecular complexity index is 1140. The number of aromatic amines is 1. The molecule has 8 heteroatoms. The fraction of sp³-hybridized carbons (Fsp3) is 0.333. The highest BCUT2D eigenvalue weighted by molar-refractivity contribution is 8.00. The molecule has 2 heterocycles. The van der Waals surface area contributed by atoms with Crippen molar-refractivity contribution in [1.29, 1.82) is 0 Å². The number of hydrogen-bond donors (Lipinski definition) is 1. The average molecular weight is 457 g/mol. The molecule has 4 atom stereocenters. The van der Waals surface area contributed by atoms with E-state index in [0.29, 0.717) is 12.2 Å². The Hall–Kier alpha value is -2.68. The second-order valence-electron chi connectivity index (χ2n) is 7.75. The zero-order chi connectivity index (χ0) is 22.5. The van der Waals surface area contributed by atoms with E-state index in [2.05, 4.69) is 4.98 Å². The van der Waals surface area contributed by atoms with Crippen molar-refractivity contribution in [2.75, 3.05) is 6.61 Å². The summed E-state index contributed by atoms with van der Waals surface area (Å²) >= 11 is 1.29. The van der Waals surface area contributed by atoms with Gasteiger partial charge in [0.1, 0.15) is 11.5 Å². The second kappa shape index (κ2) is 10.3. The third-order valence-corrected chi connectivity index (χ3v) is 6.89. The van der Waals surface area contributed by atoms with Gasteiger partial charge in [0.05, 0.1) is 25.1 Å². The fourth-order valence-corrected chi connectivity index (χ4v) is 5.17. The number of nitrogens with zero attached hydrogens (tertiary/aromatic N) is 1. The molecular formula is C24H25FN2O4S. The molecule has 32 heavy (non-hydrogen) atoms. The molecule has 0 spiro atoms. The van der Waals surface area contributed by atoms with Crippen LogP contribution < -0.4 is 11.2 Å². The summed E-state index contributed by atoms with van der Waals surface area (Å²) in [6.07, 6.45) is -0.801. The van der Waals surface area contributed by atoms with Crippen molar-refractivity contribution in [3.05, 3.63) is 104 Å². The lowest BCUT2D eigenvalue weighted by atomic mass is 10.1. The Morgan fingerprint density at radius 2 is 1.62 bits per heavy atom. The van der Waals surface area contributed by atoms with Gasteiger partial charge in [0, 0.05) is 11.8 Å². The molecule has 1 saturated heterocycles. The number of aromatic nitrogens is 2. The van der Waals surface area contributed by atoms with E-state index in [9.17, 15) is 9.59 Å². The summed E-state index contributed by atoms with van der Waals surface area (Å²) in [6, 6.07) is 19.3. The molecule has 1 unspecified atom stereocenters. The van der Waals surface area contributed by atoms with Crippen LogP contribution in [0.25, 0.3) is 0 Å². The van der Waals surface area contributed by atoms with Crippen LogP contribution in [0.3, 0.4) is 0 Å². The van der Waals surface area contributed by atoms with Gasteiger partial charge < -0.3 is 9.47 Å². The summed E-state index contributed by atoms with van der Waals surface area (Å²) in [5.41, 5.74) is 1.22. The van der Waals surface area contributed by atoms with Gasteiger partial charge in [-0.05, 0) is 18.1 Å². The van der Waals surface area contributed by atoms with Crippen LogP contribution in [0, 0.1) is 6.92 Å². The molecule has 0 saturated carbocycles. The highest BCUT2D eigenvalue weighted by atomic mass is 32.2. The molecule has 2 aromatic carbocycles. The normalized spacial score (nSPS) is 22.8. The molecule has 1 fully saturated rings. The number of alkyl halides is 1. The maximum absolute atomic E-state index is 15.6. The van der Waals surface area contributed by atoms with Crippen LogP contribution in [0.5, 0.6) is 0 Å². The largest absolute Gasteiger partial charge is 0.376 e. The van der Waals surface area contributed by atoms with Gasteiger partial charge in [-0.2, -0.15) is 0 Å². The minimum absolute atomic E-state index is 0.258. The maximum Gasteiger partial charge on any atom is 0.329 e. The van der Waals surface area contributed by atoms with Gasteiger partial charge in [0.2, 0.25) is 0 Å². The number of H-pyrrole nitrogens is 1. The van der Waals surface area contributed by atoms with E-state index in [1.165, 1.54) is 22.5 Å². The minimum atomic E-state index is -1.45. The van der Waals surface area contributed by atoms with Gasteiger partial charge in [-0.1, -0.05) is 60.7 Å². The summed E-state index contributed by atoms with van der Waals surface area (Å²) in [4.78, 5) is 26.4. The van der Waals surface area contributed by atoms with Crippen LogP contribution in [0.2, 0.25) is 0 Å². The van der Waals surface area contributed by atoms with Gasteiger partial charge >= 0.3 is 5.69 Å². The lowest BCUT2D eigenvalue weighted by Gasteiger charge is -2.21. The van der Waals surface area contributed by atoms with Crippen LogP contribution >= 0.6 is 11.8 Å². The summed E-state index contributed by atoms with van der Waals surface area (Å²) in [6.45, 7) is 2.52. The molecule has 6 nitrogen and oxygen atoms in total. The standard InChI is InChI=1S/C24H25FN2O4S/c1-16-12-27(24(29)26-22(16)28)23-20(25)21(31-14-18-10-6-3-7-11-18)19(32-23)15-30-13-17-8-4-2-5-9-17/h2-12,19-21,23H,13-15H2,1H3,(H,26,28,29)/t19-,20+,21-,23?/m0/s1. The number of thioether (sulfide) groups is 1. The van der Waals surface area contributed by atoms with Crippen molar-refractivity contribution < 1.29 is 13.9 Å². The lowest BCUT2D eigenvalue weighted by molar-refractivity contribution is -0.0262. The number of ether oxygens (including phenoxy) is 2. The Balaban J connectivity index is 1.51. The van der Waals surface area contributed by atoms with Gasteiger partial charge in [-0.15, -0.1) is 11.8 Å². The van der Waals surface area contributed by atoms with E-state index in [0.717, 1.165) is 11.1 Å².